The molecule has 21 heavy (non-hydrogen) atoms. The minimum Gasteiger partial charge on any atom is -0.478 e. The van der Waals surface area contributed by atoms with Gasteiger partial charge in [0.15, 0.2) is 0 Å². The van der Waals surface area contributed by atoms with Gasteiger partial charge in [-0.2, -0.15) is 0 Å². The van der Waals surface area contributed by atoms with Gasteiger partial charge in [0.2, 0.25) is 0 Å². The molecule has 0 saturated heterocycles. The highest BCUT2D eigenvalue weighted by atomic mass is 79.9. The Hall–Kier alpha value is -2.02. The lowest BCUT2D eigenvalue weighted by molar-refractivity contribution is 0.0694. The van der Waals surface area contributed by atoms with Crippen LogP contribution in [-0.2, 0) is 0 Å². The van der Waals surface area contributed by atoms with Crippen LogP contribution in [0.2, 0.25) is 0 Å². The molecule has 2 rings (SSSR count). The van der Waals surface area contributed by atoms with E-state index in [4.69, 9.17) is 0 Å². The third-order valence-electron chi connectivity index (χ3n) is 3.10. The summed E-state index contributed by atoms with van der Waals surface area (Å²) in [7, 11) is 0. The molecule has 1 aromatic heterocycles. The zero-order valence-electron chi connectivity index (χ0n) is 11.1. The second-order valence-electron chi connectivity index (χ2n) is 4.48. The molecule has 1 aromatic carbocycles. The zero-order chi connectivity index (χ0) is 15.9. The van der Waals surface area contributed by atoms with Gasteiger partial charge in [0.05, 0.1) is 15.7 Å². The second-order valence-corrected chi connectivity index (χ2v) is 5.34. The Balaban J connectivity index is 2.88. The molecule has 0 saturated carbocycles. The SMILES string of the molecule is Cc1cc(=O)n(-c2cc(Br)c(F)cc2F)c(C)c1C(=O)O. The van der Waals surface area contributed by atoms with Gasteiger partial charge in [0.1, 0.15) is 11.6 Å². The van der Waals surface area contributed by atoms with Crippen LogP contribution in [0.25, 0.3) is 5.69 Å². The molecule has 0 spiro atoms. The third kappa shape index (κ3) is 2.61. The van der Waals surface area contributed by atoms with E-state index in [2.05, 4.69) is 15.9 Å². The minimum atomic E-state index is -1.22. The number of rotatable bonds is 2. The van der Waals surface area contributed by atoms with Crippen molar-refractivity contribution in [3.63, 3.8) is 0 Å². The van der Waals surface area contributed by atoms with Crippen molar-refractivity contribution in [2.45, 2.75) is 13.8 Å². The minimum absolute atomic E-state index is 0.0253. The van der Waals surface area contributed by atoms with Crippen molar-refractivity contribution >= 4 is 21.9 Å². The van der Waals surface area contributed by atoms with Crippen LogP contribution in [-0.4, -0.2) is 15.6 Å². The van der Waals surface area contributed by atoms with Crippen molar-refractivity contribution in [3.8, 4) is 5.69 Å². The van der Waals surface area contributed by atoms with Crippen LogP contribution in [0.4, 0.5) is 8.78 Å². The molecule has 0 radical (unpaired) electrons. The molecule has 1 heterocycles. The van der Waals surface area contributed by atoms with Crippen LogP contribution >= 0.6 is 15.9 Å². The highest BCUT2D eigenvalue weighted by molar-refractivity contribution is 9.10. The molecule has 0 unspecified atom stereocenters. The number of aromatic carboxylic acids is 1. The van der Waals surface area contributed by atoms with Crippen molar-refractivity contribution < 1.29 is 18.7 Å². The Kier molecular flexibility index (Phi) is 3.95. The van der Waals surface area contributed by atoms with Gasteiger partial charge in [0.25, 0.3) is 5.56 Å². The van der Waals surface area contributed by atoms with E-state index >= 15 is 0 Å². The van der Waals surface area contributed by atoms with Gasteiger partial charge < -0.3 is 5.11 Å². The fourth-order valence-corrected chi connectivity index (χ4v) is 2.52. The number of carboxylic acids is 1. The van der Waals surface area contributed by atoms with Crippen molar-refractivity contribution in [1.82, 2.24) is 4.57 Å². The maximum atomic E-state index is 13.9. The predicted molar refractivity (Wildman–Crippen MR) is 76.1 cm³/mol. The number of aryl methyl sites for hydroxylation is 1. The van der Waals surface area contributed by atoms with Crippen molar-refractivity contribution in [2.24, 2.45) is 0 Å². The highest BCUT2D eigenvalue weighted by Gasteiger charge is 2.19. The number of nitrogens with zero attached hydrogens (tertiary/aromatic N) is 1. The number of benzene rings is 1. The number of pyridine rings is 1. The highest BCUT2D eigenvalue weighted by Crippen LogP contribution is 2.24. The summed E-state index contributed by atoms with van der Waals surface area (Å²) in [5.74, 6) is -2.99. The molecule has 110 valence electrons. The normalized spacial score (nSPS) is 10.7. The molecular weight excluding hydrogens is 348 g/mol. The number of hydrogen-bond donors (Lipinski definition) is 1. The van der Waals surface area contributed by atoms with Crippen LogP contribution in [0.3, 0.4) is 0 Å². The van der Waals surface area contributed by atoms with E-state index in [1.54, 1.807) is 0 Å². The molecule has 0 aliphatic carbocycles. The van der Waals surface area contributed by atoms with E-state index in [0.29, 0.717) is 6.07 Å². The van der Waals surface area contributed by atoms with Gasteiger partial charge in [-0.1, -0.05) is 0 Å². The van der Waals surface area contributed by atoms with Gasteiger partial charge >= 0.3 is 5.97 Å². The lowest BCUT2D eigenvalue weighted by Gasteiger charge is -2.15. The average molecular weight is 358 g/mol. The summed E-state index contributed by atoms with van der Waals surface area (Å²) in [5.41, 5.74) is -0.539. The first-order valence-corrected chi connectivity index (χ1v) is 6.64. The molecule has 0 fully saturated rings. The summed E-state index contributed by atoms with van der Waals surface area (Å²) in [6.07, 6.45) is 0. The summed E-state index contributed by atoms with van der Waals surface area (Å²) in [6.45, 7) is 2.88. The van der Waals surface area contributed by atoms with E-state index in [9.17, 15) is 23.5 Å². The number of carboxylic acid groups (broad SMARTS) is 1. The van der Waals surface area contributed by atoms with Gasteiger partial charge in [-0.15, -0.1) is 0 Å². The summed E-state index contributed by atoms with van der Waals surface area (Å²) in [6, 6.07) is 2.83. The van der Waals surface area contributed by atoms with Crippen LogP contribution in [0, 0.1) is 25.5 Å². The van der Waals surface area contributed by atoms with Crippen LogP contribution in [0.1, 0.15) is 21.6 Å². The van der Waals surface area contributed by atoms with Gasteiger partial charge in [0, 0.05) is 17.8 Å². The van der Waals surface area contributed by atoms with E-state index in [1.165, 1.54) is 13.8 Å². The van der Waals surface area contributed by atoms with Crippen LogP contribution in [0.5, 0.6) is 0 Å². The van der Waals surface area contributed by atoms with Crippen molar-refractivity contribution in [2.75, 3.05) is 0 Å². The molecule has 0 aliphatic rings. The van der Waals surface area contributed by atoms with Crippen molar-refractivity contribution in [3.05, 3.63) is 61.5 Å². The summed E-state index contributed by atoms with van der Waals surface area (Å²) in [5, 5.41) is 9.20. The molecule has 0 aliphatic heterocycles. The van der Waals surface area contributed by atoms with E-state index < -0.39 is 23.2 Å². The molecule has 0 amide bonds. The Labute approximate surface area is 126 Å². The van der Waals surface area contributed by atoms with Crippen LogP contribution in [0.15, 0.2) is 27.5 Å². The van der Waals surface area contributed by atoms with E-state index in [0.717, 1.165) is 16.7 Å². The topological polar surface area (TPSA) is 59.3 Å². The first-order valence-electron chi connectivity index (χ1n) is 5.85. The molecule has 4 nitrogen and oxygen atoms in total. The predicted octanol–water partition coefficient (Wildman–Crippen LogP) is 3.19. The summed E-state index contributed by atoms with van der Waals surface area (Å²) >= 11 is 2.92. The first-order chi connectivity index (χ1) is 9.73. The Morgan fingerprint density at radius 2 is 1.81 bits per heavy atom. The molecule has 1 N–H and O–H groups in total. The van der Waals surface area contributed by atoms with Crippen molar-refractivity contribution in [1.29, 1.82) is 0 Å². The maximum Gasteiger partial charge on any atom is 0.337 e. The summed E-state index contributed by atoms with van der Waals surface area (Å²) < 4.78 is 28.1. The largest absolute Gasteiger partial charge is 0.478 e. The first kappa shape index (κ1) is 15.4. The Bertz CT molecular complexity index is 815. The standard InChI is InChI=1S/C14H10BrF2NO3/c1-6-3-12(19)18(7(2)13(6)14(20)21)11-4-8(15)9(16)5-10(11)17/h3-5H,1-2H3,(H,20,21). The second kappa shape index (κ2) is 5.40. The molecular formula is C14H10BrF2NO3. The molecule has 7 heteroatoms. The number of halogens is 3. The number of aromatic nitrogens is 1. The van der Waals surface area contributed by atoms with E-state index in [-0.39, 0.29) is 27.0 Å². The maximum absolute atomic E-state index is 13.9. The van der Waals surface area contributed by atoms with Gasteiger partial charge in [-0.3, -0.25) is 9.36 Å². The monoisotopic (exact) mass is 357 g/mol. The average Bonchev–Trinajstić information content (AvgIpc) is 2.34. The van der Waals surface area contributed by atoms with Gasteiger partial charge in [-0.05, 0) is 41.4 Å². The molecule has 0 bridgehead atoms. The van der Waals surface area contributed by atoms with Crippen LogP contribution < -0.4 is 5.56 Å². The number of hydrogen-bond acceptors (Lipinski definition) is 2. The Morgan fingerprint density at radius 1 is 1.19 bits per heavy atom. The Morgan fingerprint density at radius 3 is 2.38 bits per heavy atom. The fraction of sp³-hybridized carbons (Fsp3) is 0.143. The lowest BCUT2D eigenvalue weighted by Crippen LogP contribution is -2.25. The lowest BCUT2D eigenvalue weighted by atomic mass is 10.1. The van der Waals surface area contributed by atoms with Gasteiger partial charge in [-0.25, -0.2) is 13.6 Å². The third-order valence-corrected chi connectivity index (χ3v) is 3.70. The smallest absolute Gasteiger partial charge is 0.337 e. The molecule has 0 atom stereocenters. The molecule has 2 aromatic rings. The quantitative estimate of drug-likeness (QED) is 0.839. The number of carbonyl (C=O) groups is 1. The van der Waals surface area contributed by atoms with E-state index in [1.807, 2.05) is 0 Å². The zero-order valence-corrected chi connectivity index (χ0v) is 12.7. The fourth-order valence-electron chi connectivity index (χ4n) is 2.19. The summed E-state index contributed by atoms with van der Waals surface area (Å²) in [4.78, 5) is 23.3.